The topological polar surface area (TPSA) is 30.7 Å². The smallest absolute Gasteiger partial charge is 0.338 e. The summed E-state index contributed by atoms with van der Waals surface area (Å²) < 4.78 is 4.57. The molecule has 13 heavy (non-hydrogen) atoms. The lowest BCUT2D eigenvalue weighted by Gasteiger charge is -2.02. The van der Waals surface area contributed by atoms with Crippen LogP contribution in [0.1, 0.15) is 15.9 Å². The van der Waals surface area contributed by atoms with Crippen LogP contribution in [0, 0.1) is 13.5 Å². The van der Waals surface area contributed by atoms with E-state index in [0.717, 1.165) is 5.56 Å². The Kier molecular flexibility index (Phi) is 2.65. The zero-order chi connectivity index (χ0) is 9.84. The summed E-state index contributed by atoms with van der Waals surface area (Å²) in [5.41, 5.74) is 1.81. The molecule has 1 aromatic rings. The van der Waals surface area contributed by atoms with Gasteiger partial charge < -0.3 is 4.74 Å². The zero-order valence-electron chi connectivity index (χ0n) is 7.50. The first-order valence-electron chi connectivity index (χ1n) is 3.75. The fourth-order valence-corrected chi connectivity index (χ4v) is 1.06. The van der Waals surface area contributed by atoms with Gasteiger partial charge in [-0.25, -0.2) is 9.64 Å². The van der Waals surface area contributed by atoms with E-state index in [1.165, 1.54) is 7.11 Å². The predicted molar refractivity (Wildman–Crippen MR) is 48.8 cm³/mol. The Hall–Kier alpha value is -1.82. The maximum Gasteiger partial charge on any atom is 0.338 e. The third kappa shape index (κ3) is 1.85. The molecule has 0 bridgehead atoms. The number of hydrogen-bond acceptors (Lipinski definition) is 2. The number of aryl methyl sites for hydroxylation is 1. The molecule has 0 aliphatic rings. The minimum absolute atomic E-state index is 0.367. The molecule has 3 heteroatoms. The molecule has 3 nitrogen and oxygen atoms in total. The molecular formula is C10H9NO2. The van der Waals surface area contributed by atoms with Crippen molar-refractivity contribution in [3.05, 3.63) is 40.7 Å². The van der Waals surface area contributed by atoms with Crippen molar-refractivity contribution in [2.45, 2.75) is 6.92 Å². The molecule has 0 saturated carbocycles. The molecule has 0 unspecified atom stereocenters. The van der Waals surface area contributed by atoms with E-state index in [0.29, 0.717) is 11.3 Å². The molecule has 0 amide bonds. The molecule has 0 saturated heterocycles. The molecule has 0 fully saturated rings. The molecule has 1 aromatic carbocycles. The standard InChI is InChI=1S/C10H9NO2/c1-7-6-8(11-2)4-5-9(7)10(12)13-3/h4-6H,1,3H3. The van der Waals surface area contributed by atoms with Crippen molar-refractivity contribution in [1.82, 2.24) is 0 Å². The zero-order valence-corrected chi connectivity index (χ0v) is 7.50. The lowest BCUT2D eigenvalue weighted by atomic mass is 10.1. The van der Waals surface area contributed by atoms with E-state index in [1.54, 1.807) is 25.1 Å². The van der Waals surface area contributed by atoms with Crippen molar-refractivity contribution in [3.8, 4) is 0 Å². The van der Waals surface area contributed by atoms with Crippen LogP contribution in [-0.4, -0.2) is 13.1 Å². The first kappa shape index (κ1) is 9.27. The van der Waals surface area contributed by atoms with Gasteiger partial charge in [-0.1, -0.05) is 18.2 Å². The molecule has 0 aliphatic heterocycles. The van der Waals surface area contributed by atoms with Crippen LogP contribution in [-0.2, 0) is 4.74 Å². The van der Waals surface area contributed by atoms with Crippen LogP contribution in [0.2, 0.25) is 0 Å². The number of benzene rings is 1. The van der Waals surface area contributed by atoms with E-state index < -0.39 is 0 Å². The lowest BCUT2D eigenvalue weighted by Crippen LogP contribution is -2.02. The lowest BCUT2D eigenvalue weighted by molar-refractivity contribution is 0.0600. The highest BCUT2D eigenvalue weighted by molar-refractivity contribution is 5.91. The molecule has 0 atom stereocenters. The van der Waals surface area contributed by atoms with Gasteiger partial charge in [0, 0.05) is 0 Å². The van der Waals surface area contributed by atoms with Gasteiger partial charge in [0.1, 0.15) is 0 Å². The van der Waals surface area contributed by atoms with Gasteiger partial charge in [-0.05, 0) is 12.5 Å². The molecule has 0 aromatic heterocycles. The van der Waals surface area contributed by atoms with Gasteiger partial charge >= 0.3 is 5.97 Å². The van der Waals surface area contributed by atoms with Crippen molar-refractivity contribution < 1.29 is 9.53 Å². The molecule has 0 spiro atoms. The average Bonchev–Trinajstić information content (AvgIpc) is 2.16. The van der Waals surface area contributed by atoms with E-state index in [1.807, 2.05) is 0 Å². The third-order valence-electron chi connectivity index (χ3n) is 1.74. The predicted octanol–water partition coefficient (Wildman–Crippen LogP) is 2.33. The normalized spacial score (nSPS) is 9.00. The summed E-state index contributed by atoms with van der Waals surface area (Å²) in [4.78, 5) is 14.4. The molecule has 0 N–H and O–H groups in total. The Morgan fingerprint density at radius 3 is 2.69 bits per heavy atom. The van der Waals surface area contributed by atoms with Crippen molar-refractivity contribution in [1.29, 1.82) is 0 Å². The summed E-state index contributed by atoms with van der Waals surface area (Å²) in [6.07, 6.45) is 0. The van der Waals surface area contributed by atoms with E-state index in [2.05, 4.69) is 9.58 Å². The summed E-state index contributed by atoms with van der Waals surface area (Å²) in [5.74, 6) is -0.367. The largest absolute Gasteiger partial charge is 0.465 e. The van der Waals surface area contributed by atoms with E-state index in [-0.39, 0.29) is 5.97 Å². The average molecular weight is 175 g/mol. The fourth-order valence-electron chi connectivity index (χ4n) is 1.06. The fraction of sp³-hybridized carbons (Fsp3) is 0.200. The molecule has 0 heterocycles. The summed E-state index contributed by atoms with van der Waals surface area (Å²) >= 11 is 0. The number of carbonyl (C=O) groups excluding carboxylic acids is 1. The first-order valence-corrected chi connectivity index (χ1v) is 3.75. The molecule has 66 valence electrons. The highest BCUT2D eigenvalue weighted by Gasteiger charge is 2.08. The van der Waals surface area contributed by atoms with Gasteiger partial charge in [-0.3, -0.25) is 0 Å². The third-order valence-corrected chi connectivity index (χ3v) is 1.74. The van der Waals surface area contributed by atoms with Crippen molar-refractivity contribution in [2.75, 3.05) is 7.11 Å². The van der Waals surface area contributed by atoms with E-state index >= 15 is 0 Å². The van der Waals surface area contributed by atoms with E-state index in [9.17, 15) is 4.79 Å². The Morgan fingerprint density at radius 1 is 1.54 bits per heavy atom. The second-order valence-electron chi connectivity index (χ2n) is 2.60. The van der Waals surface area contributed by atoms with Crippen LogP contribution in [0.15, 0.2) is 18.2 Å². The van der Waals surface area contributed by atoms with Crippen molar-refractivity contribution in [3.63, 3.8) is 0 Å². The minimum atomic E-state index is -0.367. The van der Waals surface area contributed by atoms with Crippen LogP contribution in [0.25, 0.3) is 4.85 Å². The molecule has 0 radical (unpaired) electrons. The van der Waals surface area contributed by atoms with Gasteiger partial charge in [0.15, 0.2) is 5.69 Å². The van der Waals surface area contributed by atoms with Crippen LogP contribution in [0.4, 0.5) is 5.69 Å². The molecular weight excluding hydrogens is 166 g/mol. The molecule has 0 aliphatic carbocycles. The quantitative estimate of drug-likeness (QED) is 0.484. The first-order chi connectivity index (χ1) is 6.19. The van der Waals surface area contributed by atoms with Crippen LogP contribution in [0.3, 0.4) is 0 Å². The van der Waals surface area contributed by atoms with Crippen molar-refractivity contribution in [2.24, 2.45) is 0 Å². The summed E-state index contributed by atoms with van der Waals surface area (Å²) in [6, 6.07) is 4.88. The number of rotatable bonds is 1. The van der Waals surface area contributed by atoms with Gasteiger partial charge in [0.05, 0.1) is 19.2 Å². The Labute approximate surface area is 76.8 Å². The van der Waals surface area contributed by atoms with Crippen LogP contribution < -0.4 is 0 Å². The Balaban J connectivity index is 3.14. The Morgan fingerprint density at radius 2 is 2.23 bits per heavy atom. The van der Waals surface area contributed by atoms with Crippen LogP contribution in [0.5, 0.6) is 0 Å². The SMILES string of the molecule is [C-]#[N+]c1ccc(C(=O)OC)c(C)c1. The maximum atomic E-state index is 11.1. The van der Waals surface area contributed by atoms with Gasteiger partial charge in [-0.2, -0.15) is 0 Å². The van der Waals surface area contributed by atoms with Gasteiger partial charge in [-0.15, -0.1) is 0 Å². The van der Waals surface area contributed by atoms with E-state index in [4.69, 9.17) is 6.57 Å². The summed E-state index contributed by atoms with van der Waals surface area (Å²) in [7, 11) is 1.34. The number of methoxy groups -OCH3 is 1. The number of hydrogen-bond donors (Lipinski definition) is 0. The van der Waals surface area contributed by atoms with Crippen molar-refractivity contribution >= 4 is 11.7 Å². The maximum absolute atomic E-state index is 11.1. The Bertz CT molecular complexity index is 377. The summed E-state index contributed by atoms with van der Waals surface area (Å²) in [6.45, 7) is 8.55. The number of esters is 1. The summed E-state index contributed by atoms with van der Waals surface area (Å²) in [5, 5.41) is 0. The highest BCUT2D eigenvalue weighted by atomic mass is 16.5. The second kappa shape index (κ2) is 3.72. The number of ether oxygens (including phenoxy) is 1. The van der Waals surface area contributed by atoms with Gasteiger partial charge in [0.25, 0.3) is 0 Å². The minimum Gasteiger partial charge on any atom is -0.465 e. The highest BCUT2D eigenvalue weighted by Crippen LogP contribution is 2.17. The van der Waals surface area contributed by atoms with Gasteiger partial charge in [0.2, 0.25) is 0 Å². The van der Waals surface area contributed by atoms with Crippen LogP contribution >= 0.6 is 0 Å². The second-order valence-corrected chi connectivity index (χ2v) is 2.60. The monoisotopic (exact) mass is 175 g/mol. The molecule has 1 rings (SSSR count). The number of carbonyl (C=O) groups is 1. The number of nitrogens with zero attached hydrogens (tertiary/aromatic N) is 1.